The SMILES string of the molecule is O=C(O)C[As](=O)([O-])[O-].[Na+].[Na+]. The second kappa shape index (κ2) is 7.40. The van der Waals surface area contributed by atoms with Gasteiger partial charge in [-0.2, -0.15) is 0 Å². The summed E-state index contributed by atoms with van der Waals surface area (Å²) in [6, 6.07) is 0. The molecule has 0 heterocycles. The van der Waals surface area contributed by atoms with E-state index in [-0.39, 0.29) is 59.1 Å². The van der Waals surface area contributed by atoms with Crippen molar-refractivity contribution in [2.75, 3.05) is 0 Å². The van der Waals surface area contributed by atoms with E-state index in [4.69, 9.17) is 5.11 Å². The Balaban J connectivity index is -0.000000245. The van der Waals surface area contributed by atoms with E-state index in [1.54, 1.807) is 0 Å². The molecule has 0 fully saturated rings. The van der Waals surface area contributed by atoms with E-state index in [0.717, 1.165) is 0 Å². The molecule has 0 aromatic heterocycles. The minimum atomic E-state index is -5.36. The van der Waals surface area contributed by atoms with Gasteiger partial charge >= 0.3 is 106 Å². The molecule has 0 amide bonds. The van der Waals surface area contributed by atoms with Gasteiger partial charge in [-0.15, -0.1) is 0 Å². The average Bonchev–Trinajstić information content (AvgIpc) is 1.21. The van der Waals surface area contributed by atoms with E-state index >= 15 is 0 Å². The van der Waals surface area contributed by atoms with Crippen LogP contribution in [0.5, 0.6) is 0 Å². The van der Waals surface area contributed by atoms with Crippen molar-refractivity contribution < 1.29 is 80.9 Å². The number of carboxylic acid groups (broad SMARTS) is 1. The summed E-state index contributed by atoms with van der Waals surface area (Å²) >= 11 is -5.36. The summed E-state index contributed by atoms with van der Waals surface area (Å²) in [5.74, 6) is -1.59. The van der Waals surface area contributed by atoms with Gasteiger partial charge in [0.05, 0.1) is 0 Å². The van der Waals surface area contributed by atoms with E-state index in [0.29, 0.717) is 0 Å². The Morgan fingerprint density at radius 1 is 1.40 bits per heavy atom. The molecule has 0 radical (unpaired) electrons. The predicted molar refractivity (Wildman–Crippen MR) is 18.9 cm³/mol. The molecule has 10 heavy (non-hydrogen) atoms. The zero-order valence-electron chi connectivity index (χ0n) is 5.73. The molecule has 0 aliphatic rings. The maximum absolute atomic E-state index is 9.59. The van der Waals surface area contributed by atoms with E-state index in [1.807, 2.05) is 0 Å². The van der Waals surface area contributed by atoms with E-state index in [9.17, 15) is 16.7 Å². The first-order valence-electron chi connectivity index (χ1n) is 1.65. The number of carbonyl (C=O) groups is 1. The number of aliphatic carboxylic acids is 1. The van der Waals surface area contributed by atoms with Crippen molar-refractivity contribution in [2.24, 2.45) is 0 Å². The molecule has 0 saturated carbocycles. The molecule has 0 aliphatic carbocycles. The molecular weight excluding hydrogens is 225 g/mol. The molecule has 0 aromatic rings. The van der Waals surface area contributed by atoms with Crippen LogP contribution in [0.3, 0.4) is 0 Å². The Hall–Kier alpha value is 1.75. The van der Waals surface area contributed by atoms with Crippen molar-refractivity contribution >= 4 is 20.1 Å². The van der Waals surface area contributed by atoms with E-state index in [1.165, 1.54) is 0 Å². The van der Waals surface area contributed by atoms with Gasteiger partial charge in [-0.25, -0.2) is 0 Å². The number of hydrogen-bond donors (Lipinski definition) is 1. The monoisotopic (exact) mass is 228 g/mol. The van der Waals surface area contributed by atoms with Crippen LogP contribution < -0.4 is 67.3 Å². The molecule has 0 aliphatic heterocycles. The fourth-order valence-corrected chi connectivity index (χ4v) is 0.861. The molecule has 0 bridgehead atoms. The Kier molecular flexibility index (Phi) is 13.1. The first-order chi connectivity index (χ1) is 3.42. The molecule has 48 valence electrons. The van der Waals surface area contributed by atoms with Gasteiger partial charge in [-0.05, 0) is 0 Å². The van der Waals surface area contributed by atoms with Crippen LogP contribution in [0.4, 0.5) is 0 Å². The summed E-state index contributed by atoms with van der Waals surface area (Å²) < 4.78 is 28.8. The fraction of sp³-hybridized carbons (Fsp3) is 0.500. The topological polar surface area (TPSA) is 100 Å². The summed E-state index contributed by atoms with van der Waals surface area (Å²) in [6.45, 7) is 0. The second-order valence-electron chi connectivity index (χ2n) is 1.16. The van der Waals surface area contributed by atoms with Gasteiger partial charge in [0.1, 0.15) is 0 Å². The third kappa shape index (κ3) is 16.4. The van der Waals surface area contributed by atoms with E-state index in [2.05, 4.69) is 0 Å². The zero-order valence-corrected chi connectivity index (χ0v) is 11.6. The summed E-state index contributed by atoms with van der Waals surface area (Å²) in [7, 11) is 0. The summed E-state index contributed by atoms with van der Waals surface area (Å²) in [5, 5.41) is 6.44. The first-order valence-corrected chi connectivity index (χ1v) is 5.27. The Labute approximate surface area is 105 Å². The van der Waals surface area contributed by atoms with Crippen LogP contribution in [0.15, 0.2) is 0 Å². The van der Waals surface area contributed by atoms with Crippen molar-refractivity contribution in [3.05, 3.63) is 0 Å². The van der Waals surface area contributed by atoms with Crippen molar-refractivity contribution in [2.45, 2.75) is 5.21 Å². The molecule has 0 unspecified atom stereocenters. The zero-order chi connectivity index (χ0) is 6.78. The summed E-state index contributed by atoms with van der Waals surface area (Å²) in [4.78, 5) is 9.46. The largest absolute Gasteiger partial charge is 1.00 e. The Morgan fingerprint density at radius 3 is 1.70 bits per heavy atom. The molecule has 0 aromatic carbocycles. The van der Waals surface area contributed by atoms with Crippen molar-refractivity contribution in [3.8, 4) is 0 Å². The Morgan fingerprint density at radius 2 is 1.70 bits per heavy atom. The van der Waals surface area contributed by atoms with Crippen molar-refractivity contribution in [3.63, 3.8) is 0 Å². The smallest absolute Gasteiger partial charge is 1.00 e. The minimum absolute atomic E-state index is 0. The van der Waals surface area contributed by atoms with Crippen molar-refractivity contribution in [1.82, 2.24) is 0 Å². The minimum Gasteiger partial charge on any atom is 1.00 e. The van der Waals surface area contributed by atoms with Crippen LogP contribution in [0.1, 0.15) is 0 Å². The standard InChI is InChI=1S/C2H5AsO5.2Na/c4-2(5)1-3(6,7)8;;/h1H2,(H,4,5)(H2,6,7,8);;/q;2*+1/p-2. The fourth-order valence-electron chi connectivity index (χ4n) is 0.166. The molecule has 0 atom stereocenters. The van der Waals surface area contributed by atoms with Gasteiger partial charge < -0.3 is 0 Å². The van der Waals surface area contributed by atoms with Gasteiger partial charge in [0.2, 0.25) is 0 Å². The quantitative estimate of drug-likeness (QED) is 0.473. The molecule has 5 nitrogen and oxygen atoms in total. The maximum atomic E-state index is 9.59. The average molecular weight is 228 g/mol. The number of hydrogen-bond acceptors (Lipinski definition) is 4. The van der Waals surface area contributed by atoms with Crippen LogP contribution >= 0.6 is 0 Å². The normalized spacial score (nSPS) is 9.00. The number of carboxylic acids is 1. The summed E-state index contributed by atoms with van der Waals surface area (Å²) in [6.07, 6.45) is 0. The third-order valence-corrected chi connectivity index (χ3v) is 1.71. The van der Waals surface area contributed by atoms with E-state index < -0.39 is 25.4 Å². The Bertz CT molecular complexity index is 141. The molecule has 0 saturated heterocycles. The van der Waals surface area contributed by atoms with Gasteiger partial charge in [0.15, 0.2) is 0 Å². The van der Waals surface area contributed by atoms with Crippen LogP contribution in [0, 0.1) is 0 Å². The molecule has 0 rings (SSSR count). The van der Waals surface area contributed by atoms with Gasteiger partial charge in [-0.3, -0.25) is 0 Å². The molecular formula is C2H3AsNa2O5. The second-order valence-corrected chi connectivity index (χ2v) is 4.39. The van der Waals surface area contributed by atoms with Crippen LogP contribution in [-0.2, 0) is 8.53 Å². The predicted octanol–water partition coefficient (Wildman–Crippen LogP) is -8.83. The number of rotatable bonds is 2. The van der Waals surface area contributed by atoms with Gasteiger partial charge in [0.25, 0.3) is 0 Å². The van der Waals surface area contributed by atoms with Crippen LogP contribution in [0.2, 0.25) is 5.21 Å². The summed E-state index contributed by atoms with van der Waals surface area (Å²) in [5.41, 5.74) is 0. The maximum Gasteiger partial charge on any atom is 1.00 e. The van der Waals surface area contributed by atoms with Gasteiger partial charge in [-0.1, -0.05) is 0 Å². The third-order valence-electron chi connectivity index (χ3n) is 0.329. The van der Waals surface area contributed by atoms with Gasteiger partial charge in [0, 0.05) is 0 Å². The molecule has 0 spiro atoms. The first kappa shape index (κ1) is 17.7. The van der Waals surface area contributed by atoms with Crippen molar-refractivity contribution in [1.29, 1.82) is 0 Å². The van der Waals surface area contributed by atoms with Crippen LogP contribution in [-0.4, -0.2) is 25.2 Å². The van der Waals surface area contributed by atoms with Crippen LogP contribution in [0.25, 0.3) is 0 Å². The molecule has 1 N–H and O–H groups in total. The molecule has 8 heteroatoms.